The van der Waals surface area contributed by atoms with Crippen LogP contribution in [0, 0.1) is 5.41 Å². The van der Waals surface area contributed by atoms with E-state index in [1.54, 1.807) is 0 Å². The first-order valence-corrected chi connectivity index (χ1v) is 9.78. The number of aryl methyl sites for hydroxylation is 1. The van der Waals surface area contributed by atoms with Gasteiger partial charge in [0.15, 0.2) is 5.78 Å². The van der Waals surface area contributed by atoms with Crippen LogP contribution in [-0.2, 0) is 17.6 Å². The van der Waals surface area contributed by atoms with Crippen LogP contribution in [0.2, 0.25) is 0 Å². The second-order valence-electron chi connectivity index (χ2n) is 7.98. The Labute approximate surface area is 158 Å². The highest BCUT2D eigenvalue weighted by Crippen LogP contribution is 2.51. The Morgan fingerprint density at radius 3 is 2.81 bits per heavy atom. The van der Waals surface area contributed by atoms with Crippen molar-refractivity contribution in [3.63, 3.8) is 0 Å². The molecule has 1 aliphatic heterocycles. The number of ketones is 1. The van der Waals surface area contributed by atoms with Crippen molar-refractivity contribution in [3.05, 3.63) is 58.5 Å². The molecule has 1 N–H and O–H groups in total. The second-order valence-corrected chi connectivity index (χ2v) is 7.98. The van der Waals surface area contributed by atoms with Crippen molar-refractivity contribution < 1.29 is 18.7 Å². The molecular weight excluding hydrogens is 342 g/mol. The summed E-state index contributed by atoms with van der Waals surface area (Å²) in [6, 6.07) is 8.29. The van der Waals surface area contributed by atoms with Crippen molar-refractivity contribution >= 4 is 11.7 Å². The van der Waals surface area contributed by atoms with Gasteiger partial charge in [-0.25, -0.2) is 0 Å². The molecule has 2 heterocycles. The van der Waals surface area contributed by atoms with Gasteiger partial charge in [-0.2, -0.15) is 0 Å². The number of amides is 1. The van der Waals surface area contributed by atoms with E-state index in [9.17, 15) is 9.59 Å². The van der Waals surface area contributed by atoms with E-state index in [1.165, 1.54) is 17.4 Å². The van der Waals surface area contributed by atoms with Crippen LogP contribution in [0.25, 0.3) is 0 Å². The molecule has 27 heavy (non-hydrogen) atoms. The topological polar surface area (TPSA) is 68.5 Å². The van der Waals surface area contributed by atoms with Gasteiger partial charge in [-0.05, 0) is 36.8 Å². The molecule has 1 saturated heterocycles. The minimum Gasteiger partial charge on any atom is -0.468 e. The average molecular weight is 365 g/mol. The number of Topliss-reactive ketones (excluding diaryl/α,β-unsaturated/α-hetero) is 1. The Kier molecular flexibility index (Phi) is 3.93. The third-order valence-electron chi connectivity index (χ3n) is 6.48. The van der Waals surface area contributed by atoms with Crippen LogP contribution in [0.5, 0.6) is 0 Å². The van der Waals surface area contributed by atoms with Gasteiger partial charge in [0.05, 0.1) is 17.2 Å². The van der Waals surface area contributed by atoms with Crippen LogP contribution < -0.4 is 5.32 Å². The molecule has 1 atom stereocenters. The largest absolute Gasteiger partial charge is 0.468 e. The maximum Gasteiger partial charge on any atom is 0.255 e. The number of hydrogen-bond donors (Lipinski definition) is 1. The number of fused-ring (bicyclic) bond motifs is 2. The SMILES string of the molecule is O=C(NC1c2ccccc2CC12CCOCC2)c1coc2c1C(=O)CCC2. The lowest BCUT2D eigenvalue weighted by atomic mass is 9.74. The van der Waals surface area contributed by atoms with E-state index in [4.69, 9.17) is 9.15 Å². The number of benzene rings is 1. The van der Waals surface area contributed by atoms with Gasteiger partial charge in [-0.15, -0.1) is 0 Å². The highest BCUT2D eigenvalue weighted by molar-refractivity contribution is 6.09. The number of carbonyl (C=O) groups is 2. The molecule has 1 spiro atoms. The minimum absolute atomic E-state index is 0.00853. The first kappa shape index (κ1) is 16.8. The molecule has 2 aromatic rings. The van der Waals surface area contributed by atoms with Crippen LogP contribution in [-0.4, -0.2) is 24.9 Å². The van der Waals surface area contributed by atoms with Gasteiger partial charge in [-0.3, -0.25) is 9.59 Å². The Hall–Kier alpha value is -2.40. The highest BCUT2D eigenvalue weighted by Gasteiger charge is 2.47. The summed E-state index contributed by atoms with van der Waals surface area (Å²) in [6.45, 7) is 1.44. The number of nitrogens with one attached hydrogen (secondary N) is 1. The molecule has 5 rings (SSSR count). The lowest BCUT2D eigenvalue weighted by molar-refractivity contribution is 0.000541. The number of ether oxygens (including phenoxy) is 1. The average Bonchev–Trinajstić information content (AvgIpc) is 3.24. The smallest absolute Gasteiger partial charge is 0.255 e. The standard InChI is InChI=1S/C22H23NO4/c24-17-6-3-7-18-19(17)16(13-27-18)21(25)23-20-15-5-2-1-4-14(15)12-22(20)8-10-26-11-9-22/h1-2,4-5,13,20H,3,6-12H2,(H,23,25). The summed E-state index contributed by atoms with van der Waals surface area (Å²) in [5, 5.41) is 3.26. The van der Waals surface area contributed by atoms with Crippen LogP contribution in [0.3, 0.4) is 0 Å². The monoisotopic (exact) mass is 365 g/mol. The zero-order valence-corrected chi connectivity index (χ0v) is 15.3. The van der Waals surface area contributed by atoms with E-state index < -0.39 is 0 Å². The number of rotatable bonds is 2. The van der Waals surface area contributed by atoms with Gasteiger partial charge < -0.3 is 14.5 Å². The van der Waals surface area contributed by atoms with Gasteiger partial charge >= 0.3 is 0 Å². The predicted octanol–water partition coefficient (Wildman–Crippen LogP) is 3.62. The number of hydrogen-bond acceptors (Lipinski definition) is 4. The van der Waals surface area contributed by atoms with Crippen LogP contribution in [0.4, 0.5) is 0 Å². The summed E-state index contributed by atoms with van der Waals surface area (Å²) in [6.07, 6.45) is 6.27. The van der Waals surface area contributed by atoms with Crippen molar-refractivity contribution in [1.82, 2.24) is 5.32 Å². The van der Waals surface area contributed by atoms with Gasteiger partial charge in [-0.1, -0.05) is 24.3 Å². The fourth-order valence-electron chi connectivity index (χ4n) is 5.06. The summed E-state index contributed by atoms with van der Waals surface area (Å²) in [5.74, 6) is 0.467. The fourth-order valence-corrected chi connectivity index (χ4v) is 5.06. The zero-order chi connectivity index (χ0) is 18.4. The summed E-state index contributed by atoms with van der Waals surface area (Å²) < 4.78 is 11.1. The summed E-state index contributed by atoms with van der Waals surface area (Å²) in [7, 11) is 0. The van der Waals surface area contributed by atoms with E-state index >= 15 is 0 Å². The third kappa shape index (κ3) is 2.64. The van der Waals surface area contributed by atoms with Crippen molar-refractivity contribution in [1.29, 1.82) is 0 Å². The van der Waals surface area contributed by atoms with E-state index in [0.717, 1.165) is 45.3 Å². The fraction of sp³-hybridized carbons (Fsp3) is 0.455. The highest BCUT2D eigenvalue weighted by atomic mass is 16.5. The van der Waals surface area contributed by atoms with Crippen LogP contribution in [0.15, 0.2) is 34.9 Å². The molecule has 1 fully saturated rings. The predicted molar refractivity (Wildman–Crippen MR) is 98.8 cm³/mol. The van der Waals surface area contributed by atoms with Crippen molar-refractivity contribution in [2.75, 3.05) is 13.2 Å². The van der Waals surface area contributed by atoms with Crippen molar-refractivity contribution in [3.8, 4) is 0 Å². The number of carbonyl (C=O) groups excluding carboxylic acids is 2. The second kappa shape index (κ2) is 6.34. The molecule has 140 valence electrons. The Morgan fingerprint density at radius 2 is 1.96 bits per heavy atom. The van der Waals surface area contributed by atoms with Crippen LogP contribution >= 0.6 is 0 Å². The molecule has 1 unspecified atom stereocenters. The Bertz CT molecular complexity index is 907. The van der Waals surface area contributed by atoms with Crippen molar-refractivity contribution in [2.24, 2.45) is 5.41 Å². The molecule has 2 aliphatic carbocycles. The third-order valence-corrected chi connectivity index (χ3v) is 6.48. The molecule has 0 bridgehead atoms. The maximum absolute atomic E-state index is 13.2. The van der Waals surface area contributed by atoms with Crippen molar-refractivity contribution in [2.45, 2.75) is 44.6 Å². The Morgan fingerprint density at radius 1 is 1.15 bits per heavy atom. The lowest BCUT2D eigenvalue weighted by Gasteiger charge is -2.39. The molecule has 1 aromatic heterocycles. The molecule has 3 aliphatic rings. The quantitative estimate of drug-likeness (QED) is 0.882. The molecule has 5 nitrogen and oxygen atoms in total. The molecule has 0 saturated carbocycles. The lowest BCUT2D eigenvalue weighted by Crippen LogP contribution is -2.42. The molecular formula is C22H23NO4. The van der Waals surface area contributed by atoms with Gasteiger partial charge in [0, 0.05) is 31.5 Å². The first-order valence-electron chi connectivity index (χ1n) is 9.78. The minimum atomic E-state index is -0.206. The van der Waals surface area contributed by atoms with E-state index in [2.05, 4.69) is 23.5 Å². The van der Waals surface area contributed by atoms with Gasteiger partial charge in [0.1, 0.15) is 12.0 Å². The first-order chi connectivity index (χ1) is 13.2. The van der Waals surface area contributed by atoms with Crippen LogP contribution in [0.1, 0.15) is 69.3 Å². The van der Waals surface area contributed by atoms with E-state index in [1.807, 2.05) is 6.07 Å². The maximum atomic E-state index is 13.2. The zero-order valence-electron chi connectivity index (χ0n) is 15.3. The van der Waals surface area contributed by atoms with Gasteiger partial charge in [0.25, 0.3) is 5.91 Å². The molecule has 5 heteroatoms. The number of furan rings is 1. The normalized spacial score (nSPS) is 23.1. The van der Waals surface area contributed by atoms with Gasteiger partial charge in [0.2, 0.25) is 0 Å². The van der Waals surface area contributed by atoms with E-state index in [-0.39, 0.29) is 23.1 Å². The van der Waals surface area contributed by atoms with E-state index in [0.29, 0.717) is 23.3 Å². The Balaban J connectivity index is 1.49. The molecule has 0 radical (unpaired) electrons. The molecule has 1 aromatic carbocycles. The molecule has 1 amide bonds. The summed E-state index contributed by atoms with van der Waals surface area (Å²) >= 11 is 0. The summed E-state index contributed by atoms with van der Waals surface area (Å²) in [4.78, 5) is 25.5. The summed E-state index contributed by atoms with van der Waals surface area (Å²) in [5.41, 5.74) is 3.37.